The third kappa shape index (κ3) is 2.68. The molecule has 1 atom stereocenters. The Kier molecular flexibility index (Phi) is 3.73. The van der Waals surface area contributed by atoms with Crippen LogP contribution in [0.5, 0.6) is 0 Å². The van der Waals surface area contributed by atoms with Crippen LogP contribution in [-0.2, 0) is 17.8 Å². The highest BCUT2D eigenvalue weighted by atomic mass is 32.1. The molecular formula is C13H16N4O3S. The molecule has 0 amide bonds. The molecule has 2 aromatic heterocycles. The van der Waals surface area contributed by atoms with Crippen LogP contribution in [0.15, 0.2) is 10.9 Å². The average molecular weight is 308 g/mol. The van der Waals surface area contributed by atoms with Crippen LogP contribution in [0.3, 0.4) is 0 Å². The maximum absolute atomic E-state index is 12.1. The van der Waals surface area contributed by atoms with Crippen molar-refractivity contribution in [2.75, 3.05) is 6.54 Å². The Morgan fingerprint density at radius 3 is 3.10 bits per heavy atom. The number of aromatic nitrogens is 3. The van der Waals surface area contributed by atoms with Crippen molar-refractivity contribution in [2.45, 2.75) is 38.8 Å². The number of fused-ring (bicyclic) bond motifs is 1. The van der Waals surface area contributed by atoms with Gasteiger partial charge >= 0.3 is 5.97 Å². The Bertz CT molecular complexity index is 739. The molecule has 7 nitrogen and oxygen atoms in total. The van der Waals surface area contributed by atoms with Gasteiger partial charge in [0.25, 0.3) is 5.56 Å². The maximum atomic E-state index is 12.1. The molecule has 0 bridgehead atoms. The van der Waals surface area contributed by atoms with Gasteiger partial charge < -0.3 is 5.11 Å². The number of rotatable bonds is 4. The van der Waals surface area contributed by atoms with E-state index in [0.29, 0.717) is 23.6 Å². The molecule has 8 heteroatoms. The number of likely N-dealkylation sites (tertiary alicyclic amines) is 1. The lowest BCUT2D eigenvalue weighted by Crippen LogP contribution is -2.36. The van der Waals surface area contributed by atoms with E-state index >= 15 is 0 Å². The highest BCUT2D eigenvalue weighted by Gasteiger charge is 2.30. The minimum absolute atomic E-state index is 0.211. The van der Waals surface area contributed by atoms with Crippen molar-refractivity contribution >= 4 is 22.3 Å². The van der Waals surface area contributed by atoms with E-state index in [-0.39, 0.29) is 5.56 Å². The van der Waals surface area contributed by atoms with E-state index in [1.807, 2.05) is 11.8 Å². The van der Waals surface area contributed by atoms with Crippen LogP contribution in [0.2, 0.25) is 0 Å². The molecule has 1 aliphatic rings. The van der Waals surface area contributed by atoms with Gasteiger partial charge in [-0.1, -0.05) is 18.3 Å². The van der Waals surface area contributed by atoms with Gasteiger partial charge in [-0.3, -0.25) is 14.5 Å². The summed E-state index contributed by atoms with van der Waals surface area (Å²) in [7, 11) is 0. The molecule has 0 aliphatic carbocycles. The average Bonchev–Trinajstić information content (AvgIpc) is 3.05. The number of carboxylic acids is 1. The quantitative estimate of drug-likeness (QED) is 0.897. The van der Waals surface area contributed by atoms with E-state index < -0.39 is 12.0 Å². The Labute approximate surface area is 124 Å². The molecule has 0 radical (unpaired) electrons. The predicted molar refractivity (Wildman–Crippen MR) is 77.6 cm³/mol. The summed E-state index contributed by atoms with van der Waals surface area (Å²) in [6.45, 7) is 3.09. The molecule has 1 aliphatic heterocycles. The van der Waals surface area contributed by atoms with Crippen molar-refractivity contribution in [2.24, 2.45) is 0 Å². The Morgan fingerprint density at radius 2 is 2.38 bits per heavy atom. The molecule has 1 saturated heterocycles. The Hall–Kier alpha value is -1.80. The first-order valence-electron chi connectivity index (χ1n) is 6.94. The predicted octanol–water partition coefficient (Wildman–Crippen LogP) is 0.762. The van der Waals surface area contributed by atoms with Crippen molar-refractivity contribution < 1.29 is 9.90 Å². The summed E-state index contributed by atoms with van der Waals surface area (Å²) in [6, 6.07) is 0.974. The molecule has 2 aromatic rings. The van der Waals surface area contributed by atoms with Gasteiger partial charge in [0.2, 0.25) is 4.96 Å². The van der Waals surface area contributed by atoms with Crippen LogP contribution in [-0.4, -0.2) is 43.2 Å². The topological polar surface area (TPSA) is 87.8 Å². The monoisotopic (exact) mass is 308 g/mol. The molecule has 3 rings (SSSR count). The Morgan fingerprint density at radius 1 is 1.57 bits per heavy atom. The largest absolute Gasteiger partial charge is 0.480 e. The molecule has 1 fully saturated rings. The smallest absolute Gasteiger partial charge is 0.320 e. The van der Waals surface area contributed by atoms with Crippen molar-refractivity contribution in [3.8, 4) is 0 Å². The fraction of sp³-hybridized carbons (Fsp3) is 0.538. The third-order valence-corrected chi connectivity index (χ3v) is 4.71. The summed E-state index contributed by atoms with van der Waals surface area (Å²) < 4.78 is 1.31. The number of hydrogen-bond acceptors (Lipinski definition) is 6. The van der Waals surface area contributed by atoms with Gasteiger partial charge in [0, 0.05) is 12.6 Å². The summed E-state index contributed by atoms with van der Waals surface area (Å²) in [6.07, 6.45) is 2.27. The van der Waals surface area contributed by atoms with Crippen molar-refractivity contribution in [1.82, 2.24) is 19.5 Å². The van der Waals surface area contributed by atoms with E-state index in [4.69, 9.17) is 0 Å². The van der Waals surface area contributed by atoms with Crippen LogP contribution >= 0.6 is 11.3 Å². The molecule has 0 spiro atoms. The SMILES string of the molecule is CCc1nn2c(=O)cc(CN3CCCC3C(=O)O)nc2s1. The first kappa shape index (κ1) is 14.2. The molecular weight excluding hydrogens is 292 g/mol. The number of carboxylic acid groups (broad SMARTS) is 1. The van der Waals surface area contributed by atoms with Gasteiger partial charge in [0.1, 0.15) is 11.0 Å². The lowest BCUT2D eigenvalue weighted by molar-refractivity contribution is -0.142. The zero-order valence-electron chi connectivity index (χ0n) is 11.7. The van der Waals surface area contributed by atoms with Gasteiger partial charge in [0.15, 0.2) is 0 Å². The highest BCUT2D eigenvalue weighted by molar-refractivity contribution is 7.16. The minimum Gasteiger partial charge on any atom is -0.480 e. The third-order valence-electron chi connectivity index (χ3n) is 3.66. The summed E-state index contributed by atoms with van der Waals surface area (Å²) in [5.41, 5.74) is 0.400. The standard InChI is InChI=1S/C13H16N4O3S/c1-2-10-15-17-11(18)6-8(14-13(17)21-10)7-16-5-3-4-9(16)12(19)20/h6,9H,2-5,7H2,1H3,(H,19,20). The van der Waals surface area contributed by atoms with E-state index in [1.54, 1.807) is 0 Å². The number of nitrogens with zero attached hydrogens (tertiary/aromatic N) is 4. The zero-order valence-corrected chi connectivity index (χ0v) is 12.5. The lowest BCUT2D eigenvalue weighted by atomic mass is 10.2. The fourth-order valence-corrected chi connectivity index (χ4v) is 3.48. The second kappa shape index (κ2) is 5.53. The van der Waals surface area contributed by atoms with Crippen LogP contribution in [0.25, 0.3) is 4.96 Å². The molecule has 0 aromatic carbocycles. The molecule has 1 N–H and O–H groups in total. The zero-order chi connectivity index (χ0) is 15.0. The van der Waals surface area contributed by atoms with Gasteiger partial charge in [0.05, 0.1) is 5.69 Å². The van der Waals surface area contributed by atoms with E-state index in [1.165, 1.54) is 21.9 Å². The van der Waals surface area contributed by atoms with Crippen LogP contribution in [0, 0.1) is 0 Å². The van der Waals surface area contributed by atoms with Crippen molar-refractivity contribution in [3.05, 3.63) is 27.1 Å². The summed E-state index contributed by atoms with van der Waals surface area (Å²) in [5.74, 6) is -0.809. The summed E-state index contributed by atoms with van der Waals surface area (Å²) in [5, 5.41) is 14.2. The summed E-state index contributed by atoms with van der Waals surface area (Å²) >= 11 is 1.40. The first-order chi connectivity index (χ1) is 10.1. The summed E-state index contributed by atoms with van der Waals surface area (Å²) in [4.78, 5) is 30.1. The van der Waals surface area contributed by atoms with Gasteiger partial charge in [-0.15, -0.1) is 0 Å². The minimum atomic E-state index is -0.809. The normalized spacial score (nSPS) is 19.4. The van der Waals surface area contributed by atoms with E-state index in [0.717, 1.165) is 24.4 Å². The maximum Gasteiger partial charge on any atom is 0.320 e. The molecule has 0 saturated carbocycles. The highest BCUT2D eigenvalue weighted by Crippen LogP contribution is 2.20. The Balaban J connectivity index is 1.90. The van der Waals surface area contributed by atoms with E-state index in [9.17, 15) is 14.7 Å². The van der Waals surface area contributed by atoms with Gasteiger partial charge in [-0.05, 0) is 25.8 Å². The van der Waals surface area contributed by atoms with Crippen molar-refractivity contribution in [1.29, 1.82) is 0 Å². The number of aryl methyl sites for hydroxylation is 1. The first-order valence-corrected chi connectivity index (χ1v) is 7.75. The van der Waals surface area contributed by atoms with Crippen LogP contribution < -0.4 is 5.56 Å². The second-order valence-corrected chi connectivity index (χ2v) is 6.14. The number of aliphatic carboxylic acids is 1. The van der Waals surface area contributed by atoms with Gasteiger partial charge in [-0.2, -0.15) is 9.61 Å². The molecule has 1 unspecified atom stereocenters. The molecule has 3 heterocycles. The van der Waals surface area contributed by atoms with Crippen LogP contribution in [0.1, 0.15) is 30.5 Å². The molecule has 21 heavy (non-hydrogen) atoms. The van der Waals surface area contributed by atoms with Gasteiger partial charge in [-0.25, -0.2) is 4.98 Å². The van der Waals surface area contributed by atoms with Crippen LogP contribution in [0.4, 0.5) is 0 Å². The second-order valence-electron chi connectivity index (χ2n) is 5.10. The number of carbonyl (C=O) groups is 1. The lowest BCUT2D eigenvalue weighted by Gasteiger charge is -2.20. The van der Waals surface area contributed by atoms with Crippen molar-refractivity contribution in [3.63, 3.8) is 0 Å². The van der Waals surface area contributed by atoms with E-state index in [2.05, 4.69) is 10.1 Å². The number of hydrogen-bond donors (Lipinski definition) is 1. The fourth-order valence-electron chi connectivity index (χ4n) is 2.62. The molecule has 112 valence electrons.